The smallest absolute Gasteiger partial charge is 0.106 e. The van der Waals surface area contributed by atoms with Crippen molar-refractivity contribution in [3.8, 4) is 0 Å². The van der Waals surface area contributed by atoms with E-state index in [0.717, 1.165) is 33.1 Å². The van der Waals surface area contributed by atoms with Gasteiger partial charge in [0, 0.05) is 83.6 Å². The van der Waals surface area contributed by atoms with Crippen molar-refractivity contribution < 1.29 is 8.97 Å². The molecular weight excluding hydrogens is 729 g/mol. The Morgan fingerprint density at radius 1 is 0.533 bits per heavy atom. The molecule has 4 nitrogen and oxygen atoms in total. The lowest BCUT2D eigenvalue weighted by molar-refractivity contribution is -0.982. The van der Waals surface area contributed by atoms with Crippen LogP contribution in [0.5, 0.6) is 0 Å². The number of aromatic nitrogens is 2. The van der Waals surface area contributed by atoms with Crippen LogP contribution in [-0.4, -0.2) is 57.2 Å². The molecule has 60 heavy (non-hydrogen) atoms. The van der Waals surface area contributed by atoms with Gasteiger partial charge in [-0.15, -0.1) is 13.2 Å². The van der Waals surface area contributed by atoms with Crippen LogP contribution in [-0.2, 0) is 13.1 Å². The number of piperidine rings is 6. The minimum absolute atomic E-state index is 0.412. The lowest BCUT2D eigenvalue weighted by atomic mass is 9.68. The van der Waals surface area contributed by atoms with Gasteiger partial charge in [-0.3, -0.25) is 9.97 Å². The second-order valence-electron chi connectivity index (χ2n) is 19.5. The average Bonchev–Trinajstić information content (AvgIpc) is 3.31. The molecule has 8 unspecified atom stereocenters. The monoisotopic (exact) mass is 788 g/mol. The molecule has 0 amide bonds. The summed E-state index contributed by atoms with van der Waals surface area (Å²) in [6.07, 6.45) is 13.8. The van der Waals surface area contributed by atoms with E-state index in [1.54, 1.807) is 11.1 Å². The molecule has 0 spiro atoms. The van der Waals surface area contributed by atoms with Gasteiger partial charge in [0.1, 0.15) is 13.1 Å². The van der Waals surface area contributed by atoms with Crippen molar-refractivity contribution in [2.75, 3.05) is 26.2 Å². The number of hydrogen-bond acceptors (Lipinski definition) is 2. The molecule has 0 N–H and O–H groups in total. The van der Waals surface area contributed by atoms with Crippen LogP contribution in [0.1, 0.15) is 73.6 Å². The van der Waals surface area contributed by atoms with Gasteiger partial charge in [0.05, 0.1) is 49.3 Å². The molecule has 0 saturated carbocycles. The van der Waals surface area contributed by atoms with Gasteiger partial charge < -0.3 is 8.97 Å². The van der Waals surface area contributed by atoms with Gasteiger partial charge in [0.15, 0.2) is 0 Å². The third-order valence-electron chi connectivity index (χ3n) is 17.0. The molecule has 0 radical (unpaired) electrons. The fourth-order valence-electron chi connectivity index (χ4n) is 14.0. The third-order valence-corrected chi connectivity index (χ3v) is 17.0. The zero-order chi connectivity index (χ0) is 40.6. The first-order chi connectivity index (χ1) is 29.4. The van der Waals surface area contributed by atoms with E-state index in [4.69, 9.17) is 9.97 Å². The first kappa shape index (κ1) is 37.8. The van der Waals surface area contributed by atoms with Crippen molar-refractivity contribution in [1.29, 1.82) is 0 Å². The molecule has 4 heteroatoms. The van der Waals surface area contributed by atoms with Crippen LogP contribution in [0.2, 0.25) is 0 Å². The maximum absolute atomic E-state index is 4.78. The Kier molecular flexibility index (Phi) is 9.32. The number of pyridine rings is 2. The van der Waals surface area contributed by atoms with E-state index in [1.807, 2.05) is 12.4 Å². The SMILES string of the molecule is C=CC1C[N+]2(Cc3c4ccccc4c(C[N+]45CCC(C[C@H]4C(C)c4ccnc6ccccc46)C(C=C)C5)c4ccccc34)CCC1C[C@H]2C(C)c1ccnc2ccccc12. The highest BCUT2D eigenvalue weighted by atomic mass is 15.4. The quantitative estimate of drug-likeness (QED) is 0.0784. The lowest BCUT2D eigenvalue weighted by Crippen LogP contribution is -2.67. The minimum atomic E-state index is 0.412. The molecular formula is C56H60N4+2. The maximum Gasteiger partial charge on any atom is 0.106 e. The summed E-state index contributed by atoms with van der Waals surface area (Å²) in [4.78, 5) is 9.57. The van der Waals surface area contributed by atoms with Crippen molar-refractivity contribution >= 4 is 43.4 Å². The van der Waals surface area contributed by atoms with E-state index in [9.17, 15) is 0 Å². The Morgan fingerprint density at radius 3 is 1.28 bits per heavy atom. The van der Waals surface area contributed by atoms with Crippen LogP contribution in [0.3, 0.4) is 0 Å². The topological polar surface area (TPSA) is 25.8 Å². The number of benzene rings is 5. The normalized spacial score (nSPS) is 29.6. The molecule has 5 aromatic carbocycles. The van der Waals surface area contributed by atoms with Gasteiger partial charge in [-0.05, 0) is 68.8 Å². The van der Waals surface area contributed by atoms with E-state index < -0.39 is 0 Å². The minimum Gasteiger partial charge on any atom is -0.316 e. The molecule has 4 bridgehead atoms. The summed E-state index contributed by atoms with van der Waals surface area (Å²) >= 11 is 0. The van der Waals surface area contributed by atoms with Crippen molar-refractivity contribution in [1.82, 2.24) is 9.97 Å². The maximum atomic E-state index is 4.78. The van der Waals surface area contributed by atoms with Crippen LogP contribution in [0.4, 0.5) is 0 Å². The first-order valence-electron chi connectivity index (χ1n) is 23.0. The molecule has 6 aliphatic rings. The van der Waals surface area contributed by atoms with Gasteiger partial charge in [-0.25, -0.2) is 0 Å². The molecule has 6 aliphatic heterocycles. The van der Waals surface area contributed by atoms with Crippen molar-refractivity contribution in [2.45, 2.75) is 76.5 Å². The Bertz CT molecular complexity index is 2530. The Hall–Kier alpha value is -5.16. The molecule has 7 aromatic rings. The lowest BCUT2D eigenvalue weighted by Gasteiger charge is -2.59. The van der Waals surface area contributed by atoms with Gasteiger partial charge >= 0.3 is 0 Å². The van der Waals surface area contributed by atoms with E-state index >= 15 is 0 Å². The predicted octanol–water partition coefficient (Wildman–Crippen LogP) is 12.5. The zero-order valence-electron chi connectivity index (χ0n) is 35.6. The molecule has 13 rings (SSSR count). The second-order valence-corrected chi connectivity index (χ2v) is 19.5. The Balaban J connectivity index is 1.04. The van der Waals surface area contributed by atoms with Crippen LogP contribution in [0.25, 0.3) is 43.4 Å². The largest absolute Gasteiger partial charge is 0.316 e. The highest BCUT2D eigenvalue weighted by Gasteiger charge is 2.55. The van der Waals surface area contributed by atoms with E-state index in [-0.39, 0.29) is 0 Å². The van der Waals surface area contributed by atoms with Crippen LogP contribution in [0, 0.1) is 23.7 Å². The van der Waals surface area contributed by atoms with Crippen molar-refractivity contribution in [3.05, 3.63) is 169 Å². The number of para-hydroxylation sites is 2. The van der Waals surface area contributed by atoms with E-state index in [1.165, 1.54) is 95.3 Å². The summed E-state index contributed by atoms with van der Waals surface area (Å²) < 4.78 is 2.25. The molecule has 8 heterocycles. The summed E-state index contributed by atoms with van der Waals surface area (Å²) in [7, 11) is 0. The fourth-order valence-corrected chi connectivity index (χ4v) is 14.0. The number of hydrogen-bond donors (Lipinski definition) is 0. The van der Waals surface area contributed by atoms with E-state index in [2.05, 4.69) is 148 Å². The van der Waals surface area contributed by atoms with Gasteiger partial charge in [-0.1, -0.05) is 111 Å². The van der Waals surface area contributed by atoms with E-state index in [0.29, 0.717) is 47.6 Å². The van der Waals surface area contributed by atoms with Crippen LogP contribution in [0.15, 0.2) is 147 Å². The molecule has 6 fully saturated rings. The predicted molar refractivity (Wildman–Crippen MR) is 250 cm³/mol. The summed E-state index contributed by atoms with van der Waals surface area (Å²) in [5.74, 6) is 3.36. The highest BCUT2D eigenvalue weighted by Crippen LogP contribution is 2.52. The Morgan fingerprint density at radius 2 is 0.900 bits per heavy atom. The summed E-state index contributed by atoms with van der Waals surface area (Å²) in [6.45, 7) is 20.8. The summed E-state index contributed by atoms with van der Waals surface area (Å²) in [5.41, 5.74) is 8.21. The molecule has 2 aromatic heterocycles. The molecule has 10 atom stereocenters. The average molecular weight is 789 g/mol. The third kappa shape index (κ3) is 5.92. The number of rotatable bonds is 10. The van der Waals surface area contributed by atoms with Crippen LogP contribution < -0.4 is 0 Å². The second kappa shape index (κ2) is 14.8. The van der Waals surface area contributed by atoms with Crippen molar-refractivity contribution in [2.24, 2.45) is 23.7 Å². The Labute approximate surface area is 356 Å². The summed E-state index contributed by atoms with van der Waals surface area (Å²) in [6, 6.07) is 42.3. The molecule has 302 valence electrons. The molecule has 0 aliphatic carbocycles. The van der Waals surface area contributed by atoms with Gasteiger partial charge in [0.25, 0.3) is 0 Å². The van der Waals surface area contributed by atoms with Gasteiger partial charge in [0.2, 0.25) is 0 Å². The standard InChI is InChI=1S/C56H60N4/c1-5-39-33-59(29-25-41(39)31-55(59)37(3)43-23-27-57-53-21-13-11-19-49(43)53)35-51-45-15-7-9-17-47(45)52(48-18-10-8-16-46(48)51)36-60-30-26-42(40(6-2)34-60)32-56(60)38(4)44-24-28-58-54-22-14-12-20-50(44)54/h5-24,27-28,37-42,55-56H,1-2,25-26,29-36H2,3-4H3/q+2/t37?,38?,39?,40?,41?,42?,55-,56-,59?,60?/m0/s1. The zero-order valence-corrected chi connectivity index (χ0v) is 35.6. The molecule has 6 saturated heterocycles. The highest BCUT2D eigenvalue weighted by molar-refractivity contribution is 6.05. The van der Waals surface area contributed by atoms with Crippen LogP contribution >= 0.6 is 0 Å². The first-order valence-corrected chi connectivity index (χ1v) is 23.0. The van der Waals surface area contributed by atoms with Crippen molar-refractivity contribution in [3.63, 3.8) is 0 Å². The number of nitrogens with zero attached hydrogens (tertiary/aromatic N) is 4. The summed E-state index contributed by atoms with van der Waals surface area (Å²) in [5, 5.41) is 8.45. The van der Waals surface area contributed by atoms with Gasteiger partial charge in [-0.2, -0.15) is 0 Å². The number of quaternary nitrogens is 2. The number of fused-ring (bicyclic) bond motifs is 10. The fraction of sp³-hybridized carbons (Fsp3) is 0.357.